The number of carbonyl (C=O) groups excluding carboxylic acids is 1. The van der Waals surface area contributed by atoms with Gasteiger partial charge < -0.3 is 9.64 Å². The molecule has 2 atom stereocenters. The van der Waals surface area contributed by atoms with E-state index in [-0.39, 0.29) is 5.78 Å². The number of hydrogen-bond donors (Lipinski definition) is 0. The minimum Gasteiger partial charge on any atom is -0.452 e. The second-order valence-electron chi connectivity index (χ2n) is 8.21. The molecule has 30 heavy (non-hydrogen) atoms. The molecule has 0 radical (unpaired) electrons. The number of carbonyl (C=O) groups is 1. The number of fused-ring (bicyclic) bond motifs is 4. The molecule has 2 aliphatic heterocycles. The largest absolute Gasteiger partial charge is 0.452 e. The number of nitrogens with zero attached hydrogens (tertiary/aromatic N) is 1. The molecule has 6 rings (SSSR count). The van der Waals surface area contributed by atoms with Crippen LogP contribution in [0.2, 0.25) is 0 Å². The maximum absolute atomic E-state index is 12.8. The molecule has 2 unspecified atom stereocenters. The van der Waals surface area contributed by atoms with Gasteiger partial charge in [-0.1, -0.05) is 30.7 Å². The van der Waals surface area contributed by atoms with Crippen molar-refractivity contribution in [3.63, 3.8) is 0 Å². The van der Waals surface area contributed by atoms with E-state index in [1.807, 2.05) is 24.3 Å². The summed E-state index contributed by atoms with van der Waals surface area (Å²) in [5, 5.41) is 0. The molecule has 3 aromatic carbocycles. The van der Waals surface area contributed by atoms with Gasteiger partial charge in [-0.05, 0) is 95.1 Å². The van der Waals surface area contributed by atoms with E-state index in [1.165, 1.54) is 36.2 Å². The Hall–Kier alpha value is -2.60. The molecule has 4 heteroatoms. The van der Waals surface area contributed by atoms with Crippen LogP contribution in [0, 0.1) is 3.57 Å². The Kier molecular flexibility index (Phi) is 4.23. The summed E-state index contributed by atoms with van der Waals surface area (Å²) in [4.78, 5) is 15.3. The lowest BCUT2D eigenvalue weighted by Crippen LogP contribution is -2.26. The molecular formula is C26H20INO2. The number of ether oxygens (including phenoxy) is 1. The number of ketones is 1. The van der Waals surface area contributed by atoms with Crippen molar-refractivity contribution in [1.29, 1.82) is 0 Å². The summed E-state index contributed by atoms with van der Waals surface area (Å²) in [6.07, 6.45) is 5.60. The fourth-order valence-corrected chi connectivity index (χ4v) is 5.69. The van der Waals surface area contributed by atoms with E-state index in [1.54, 1.807) is 0 Å². The van der Waals surface area contributed by atoms with Gasteiger partial charge in [0, 0.05) is 26.9 Å². The summed E-state index contributed by atoms with van der Waals surface area (Å²) in [6.45, 7) is 0. The van der Waals surface area contributed by atoms with Gasteiger partial charge in [-0.2, -0.15) is 0 Å². The van der Waals surface area contributed by atoms with Crippen LogP contribution in [0.4, 0.5) is 11.4 Å². The number of Topliss-reactive ketones (excluding diaryl/α,β-unsaturated/α-hetero) is 1. The van der Waals surface area contributed by atoms with Crippen LogP contribution in [-0.4, -0.2) is 11.8 Å². The third kappa shape index (κ3) is 2.81. The van der Waals surface area contributed by atoms with Crippen molar-refractivity contribution >= 4 is 45.8 Å². The molecule has 0 spiro atoms. The summed E-state index contributed by atoms with van der Waals surface area (Å²) in [7, 11) is 0. The number of benzene rings is 3. The van der Waals surface area contributed by atoms with E-state index < -0.39 is 0 Å². The number of rotatable bonds is 2. The zero-order chi connectivity index (χ0) is 20.2. The lowest BCUT2D eigenvalue weighted by Gasteiger charge is -2.27. The molecule has 2 heterocycles. The first-order valence-electron chi connectivity index (χ1n) is 10.4. The Balaban J connectivity index is 1.38. The summed E-state index contributed by atoms with van der Waals surface area (Å²) >= 11 is 2.22. The second-order valence-corrected chi connectivity index (χ2v) is 9.45. The van der Waals surface area contributed by atoms with Gasteiger partial charge in [0.05, 0.1) is 5.56 Å². The van der Waals surface area contributed by atoms with E-state index >= 15 is 0 Å². The molecule has 1 aliphatic carbocycles. The summed E-state index contributed by atoms with van der Waals surface area (Å²) < 4.78 is 6.91. The molecule has 0 aromatic heterocycles. The Morgan fingerprint density at radius 3 is 2.73 bits per heavy atom. The van der Waals surface area contributed by atoms with Crippen molar-refractivity contribution in [1.82, 2.24) is 0 Å². The lowest BCUT2D eigenvalue weighted by atomic mass is 9.95. The number of halogens is 1. The molecule has 1 saturated carbocycles. The Bertz CT molecular complexity index is 1200. The van der Waals surface area contributed by atoms with Crippen LogP contribution in [0.1, 0.15) is 46.7 Å². The molecule has 0 amide bonds. The third-order valence-corrected chi connectivity index (χ3v) is 7.15. The quantitative estimate of drug-likeness (QED) is 0.287. The molecule has 0 N–H and O–H groups in total. The Morgan fingerprint density at radius 1 is 1.00 bits per heavy atom. The number of para-hydroxylation sites is 1. The highest BCUT2D eigenvalue weighted by molar-refractivity contribution is 14.1. The highest BCUT2D eigenvalue weighted by atomic mass is 127. The van der Waals surface area contributed by atoms with Crippen LogP contribution in [-0.2, 0) is 0 Å². The molecule has 0 saturated heterocycles. The normalized spacial score (nSPS) is 22.8. The summed E-state index contributed by atoms with van der Waals surface area (Å²) in [5.74, 6) is 1.58. The first-order chi connectivity index (χ1) is 14.7. The van der Waals surface area contributed by atoms with Crippen molar-refractivity contribution in [2.75, 3.05) is 4.90 Å². The van der Waals surface area contributed by atoms with Gasteiger partial charge in [-0.3, -0.25) is 4.79 Å². The van der Waals surface area contributed by atoms with Gasteiger partial charge >= 0.3 is 0 Å². The molecule has 1 fully saturated rings. The summed E-state index contributed by atoms with van der Waals surface area (Å²) in [6, 6.07) is 23.5. The van der Waals surface area contributed by atoms with E-state index in [0.29, 0.717) is 29.0 Å². The van der Waals surface area contributed by atoms with E-state index in [4.69, 9.17) is 4.74 Å². The van der Waals surface area contributed by atoms with Gasteiger partial charge in [0.2, 0.25) is 5.78 Å². The van der Waals surface area contributed by atoms with Crippen molar-refractivity contribution in [3.8, 4) is 5.75 Å². The Morgan fingerprint density at radius 2 is 1.87 bits per heavy atom. The third-order valence-electron chi connectivity index (χ3n) is 6.48. The van der Waals surface area contributed by atoms with Crippen LogP contribution in [0.25, 0.3) is 6.08 Å². The standard InChI is InChI=1S/C26H20INO2/c27-17-10-12-24-21(15-17)26(29)25(30-24)14-16-9-11-23-20(13-16)19-7-4-8-22(19)28(23)18-5-2-1-3-6-18/h1-3,5-6,9-15,19,22H,4,7-8H2. The minimum atomic E-state index is -0.0336. The molecular weight excluding hydrogens is 485 g/mol. The molecule has 3 aliphatic rings. The van der Waals surface area contributed by atoms with Crippen LogP contribution in [0.15, 0.2) is 72.5 Å². The number of anilines is 2. The fourth-order valence-electron chi connectivity index (χ4n) is 5.20. The molecule has 3 aromatic rings. The van der Waals surface area contributed by atoms with Crippen LogP contribution in [0.3, 0.4) is 0 Å². The van der Waals surface area contributed by atoms with Crippen molar-refractivity contribution in [2.24, 2.45) is 0 Å². The second kappa shape index (κ2) is 6.98. The fraction of sp³-hybridized carbons (Fsp3) is 0.192. The first kappa shape index (κ1) is 18.2. The van der Waals surface area contributed by atoms with E-state index in [9.17, 15) is 4.79 Å². The average Bonchev–Trinajstić information content (AvgIpc) is 3.43. The summed E-state index contributed by atoms with van der Waals surface area (Å²) in [5.41, 5.74) is 5.64. The van der Waals surface area contributed by atoms with Crippen molar-refractivity contribution in [2.45, 2.75) is 31.2 Å². The monoisotopic (exact) mass is 505 g/mol. The predicted octanol–water partition coefficient (Wildman–Crippen LogP) is 6.70. The SMILES string of the molecule is O=C1C(=Cc2ccc3c(c2)C2CCCC2N3c2ccccc2)Oc2ccc(I)cc21. The van der Waals surface area contributed by atoms with Crippen LogP contribution >= 0.6 is 22.6 Å². The van der Waals surface area contributed by atoms with Gasteiger partial charge in [-0.25, -0.2) is 0 Å². The number of allylic oxidation sites excluding steroid dienone is 1. The highest BCUT2D eigenvalue weighted by Crippen LogP contribution is 2.52. The van der Waals surface area contributed by atoms with Gasteiger partial charge in [0.1, 0.15) is 5.75 Å². The maximum Gasteiger partial charge on any atom is 0.232 e. The van der Waals surface area contributed by atoms with Crippen LogP contribution in [0.5, 0.6) is 5.75 Å². The van der Waals surface area contributed by atoms with Crippen molar-refractivity contribution < 1.29 is 9.53 Å². The Labute approximate surface area is 189 Å². The lowest BCUT2D eigenvalue weighted by molar-refractivity contribution is 0.101. The molecule has 148 valence electrons. The van der Waals surface area contributed by atoms with E-state index in [2.05, 4.69) is 76.0 Å². The molecule has 3 nitrogen and oxygen atoms in total. The van der Waals surface area contributed by atoms with Gasteiger partial charge in [0.25, 0.3) is 0 Å². The average molecular weight is 505 g/mol. The van der Waals surface area contributed by atoms with E-state index in [0.717, 1.165) is 9.13 Å². The molecule has 0 bridgehead atoms. The van der Waals surface area contributed by atoms with Crippen LogP contribution < -0.4 is 9.64 Å². The zero-order valence-electron chi connectivity index (χ0n) is 16.3. The number of hydrogen-bond acceptors (Lipinski definition) is 3. The topological polar surface area (TPSA) is 29.5 Å². The highest BCUT2D eigenvalue weighted by Gasteiger charge is 2.42. The zero-order valence-corrected chi connectivity index (χ0v) is 18.5. The smallest absolute Gasteiger partial charge is 0.232 e. The maximum atomic E-state index is 12.8. The minimum absolute atomic E-state index is 0.0336. The van der Waals surface area contributed by atoms with Crippen molar-refractivity contribution in [3.05, 3.63) is 92.7 Å². The first-order valence-corrected chi connectivity index (χ1v) is 11.5. The van der Waals surface area contributed by atoms with Gasteiger partial charge in [0.15, 0.2) is 5.76 Å². The predicted molar refractivity (Wildman–Crippen MR) is 127 cm³/mol. The van der Waals surface area contributed by atoms with Gasteiger partial charge in [-0.15, -0.1) is 0 Å².